The van der Waals surface area contributed by atoms with Crippen molar-refractivity contribution in [2.45, 2.75) is 13.0 Å². The van der Waals surface area contributed by atoms with Gasteiger partial charge in [0.15, 0.2) is 6.10 Å². The number of fused-ring (bicyclic) bond motifs is 1. The van der Waals surface area contributed by atoms with Crippen LogP contribution in [-0.4, -0.2) is 23.0 Å². The van der Waals surface area contributed by atoms with Gasteiger partial charge in [-0.05, 0) is 43.3 Å². The summed E-state index contributed by atoms with van der Waals surface area (Å²) >= 11 is 19.5. The fraction of sp³-hybridized carbons (Fsp3) is 0.0870. The summed E-state index contributed by atoms with van der Waals surface area (Å²) in [6, 6.07) is 17.3. The first-order chi connectivity index (χ1) is 15.3. The van der Waals surface area contributed by atoms with Gasteiger partial charge in [-0.15, -0.1) is 11.3 Å². The molecule has 162 valence electrons. The van der Waals surface area contributed by atoms with E-state index in [9.17, 15) is 9.59 Å². The van der Waals surface area contributed by atoms with Gasteiger partial charge in [-0.2, -0.15) is 0 Å². The van der Waals surface area contributed by atoms with E-state index in [1.165, 1.54) is 18.3 Å². The maximum atomic E-state index is 13.0. The number of nitrogens with one attached hydrogen (secondary N) is 1. The second-order valence-electron chi connectivity index (χ2n) is 6.81. The van der Waals surface area contributed by atoms with Crippen molar-refractivity contribution in [1.29, 1.82) is 0 Å². The van der Waals surface area contributed by atoms with E-state index in [-0.39, 0.29) is 5.02 Å². The van der Waals surface area contributed by atoms with Gasteiger partial charge < -0.3 is 10.1 Å². The summed E-state index contributed by atoms with van der Waals surface area (Å²) in [5, 5.41) is 3.76. The fourth-order valence-corrected chi connectivity index (χ4v) is 4.39. The Morgan fingerprint density at radius 3 is 2.56 bits per heavy atom. The molecule has 0 aliphatic heterocycles. The van der Waals surface area contributed by atoms with Gasteiger partial charge in [-0.3, -0.25) is 4.79 Å². The van der Waals surface area contributed by atoms with E-state index < -0.39 is 18.0 Å². The molecule has 0 fully saturated rings. The van der Waals surface area contributed by atoms with Gasteiger partial charge in [0.2, 0.25) is 0 Å². The summed E-state index contributed by atoms with van der Waals surface area (Å²) < 4.78 is 6.08. The summed E-state index contributed by atoms with van der Waals surface area (Å²) in [5.74, 6) is -1.18. The molecule has 0 saturated heterocycles. The van der Waals surface area contributed by atoms with Gasteiger partial charge in [-0.25, -0.2) is 9.78 Å². The number of hydrogen-bond acceptors (Lipinski definition) is 5. The number of carbonyl (C=O) groups is 2. The quantitative estimate of drug-likeness (QED) is 0.294. The van der Waals surface area contributed by atoms with Crippen molar-refractivity contribution < 1.29 is 14.3 Å². The summed E-state index contributed by atoms with van der Waals surface area (Å²) in [7, 11) is 0. The number of ether oxygens (including phenoxy) is 1. The molecule has 0 spiro atoms. The van der Waals surface area contributed by atoms with Crippen LogP contribution in [0.25, 0.3) is 21.5 Å². The van der Waals surface area contributed by atoms with Crippen LogP contribution in [0.5, 0.6) is 0 Å². The Hall–Kier alpha value is -2.64. The van der Waals surface area contributed by atoms with E-state index >= 15 is 0 Å². The third kappa shape index (κ3) is 4.74. The lowest BCUT2D eigenvalue weighted by atomic mass is 10.1. The minimum atomic E-state index is -1.08. The van der Waals surface area contributed by atoms with Crippen LogP contribution < -0.4 is 5.32 Å². The average molecular weight is 506 g/mol. The molecule has 0 saturated carbocycles. The molecule has 0 unspecified atom stereocenters. The summed E-state index contributed by atoms with van der Waals surface area (Å²) in [4.78, 5) is 31.1. The number of halogens is 3. The van der Waals surface area contributed by atoms with Crippen LogP contribution in [0, 0.1) is 0 Å². The largest absolute Gasteiger partial charge is 0.449 e. The molecule has 0 aliphatic carbocycles. The lowest BCUT2D eigenvalue weighted by molar-refractivity contribution is -0.123. The highest BCUT2D eigenvalue weighted by atomic mass is 35.5. The first-order valence-electron chi connectivity index (χ1n) is 9.45. The highest BCUT2D eigenvalue weighted by molar-refractivity contribution is 7.19. The molecule has 5 nitrogen and oxygen atoms in total. The van der Waals surface area contributed by atoms with Crippen molar-refractivity contribution in [3.63, 3.8) is 0 Å². The number of pyridine rings is 1. The van der Waals surface area contributed by atoms with Crippen LogP contribution >= 0.6 is 46.1 Å². The van der Waals surface area contributed by atoms with Gasteiger partial charge in [0.25, 0.3) is 5.91 Å². The number of amides is 1. The zero-order chi connectivity index (χ0) is 22.8. The van der Waals surface area contributed by atoms with E-state index in [0.717, 1.165) is 4.88 Å². The number of para-hydroxylation sites is 1. The van der Waals surface area contributed by atoms with Crippen LogP contribution in [0.4, 0.5) is 5.69 Å². The van der Waals surface area contributed by atoms with Gasteiger partial charge in [-0.1, -0.05) is 59.1 Å². The van der Waals surface area contributed by atoms with Crippen molar-refractivity contribution in [3.05, 3.63) is 80.6 Å². The number of hydrogen-bond donors (Lipinski definition) is 1. The molecule has 4 aromatic rings. The normalized spacial score (nSPS) is 11.9. The molecule has 1 atom stereocenters. The highest BCUT2D eigenvalue weighted by Gasteiger charge is 2.23. The van der Waals surface area contributed by atoms with Crippen molar-refractivity contribution in [2.24, 2.45) is 0 Å². The monoisotopic (exact) mass is 504 g/mol. The number of rotatable bonds is 5. The van der Waals surface area contributed by atoms with Crippen LogP contribution in [0.2, 0.25) is 14.4 Å². The lowest BCUT2D eigenvalue weighted by Gasteiger charge is -2.15. The Morgan fingerprint density at radius 2 is 1.81 bits per heavy atom. The molecule has 2 aromatic heterocycles. The maximum absolute atomic E-state index is 13.0. The number of thiophene rings is 1. The molecule has 2 aromatic carbocycles. The number of nitrogens with zero attached hydrogens (tertiary/aromatic N) is 1. The minimum Gasteiger partial charge on any atom is -0.449 e. The van der Waals surface area contributed by atoms with E-state index in [1.54, 1.807) is 42.5 Å². The second kappa shape index (κ2) is 9.46. The van der Waals surface area contributed by atoms with Crippen LogP contribution in [-0.2, 0) is 9.53 Å². The molecular weight excluding hydrogens is 491 g/mol. The van der Waals surface area contributed by atoms with Crippen LogP contribution in [0.15, 0.2) is 60.7 Å². The second-order valence-corrected chi connectivity index (χ2v) is 9.31. The SMILES string of the molecule is C[C@@H](OC(=O)c1cc(-c2ccc(Cl)s2)nc2ccccc12)C(=O)Nc1cccc(Cl)c1Cl. The van der Waals surface area contributed by atoms with Gasteiger partial charge >= 0.3 is 5.97 Å². The highest BCUT2D eigenvalue weighted by Crippen LogP contribution is 2.33. The van der Waals surface area contributed by atoms with Crippen molar-refractivity contribution >= 4 is 74.6 Å². The molecular formula is C23H15Cl3N2O3S. The molecule has 0 radical (unpaired) electrons. The molecule has 4 rings (SSSR count). The summed E-state index contributed by atoms with van der Waals surface area (Å²) in [6.07, 6.45) is -1.08. The Morgan fingerprint density at radius 1 is 1.03 bits per heavy atom. The molecule has 1 amide bonds. The first kappa shape index (κ1) is 22.6. The molecule has 0 bridgehead atoms. The zero-order valence-corrected chi connectivity index (χ0v) is 19.6. The first-order valence-corrected chi connectivity index (χ1v) is 11.4. The van der Waals surface area contributed by atoms with Gasteiger partial charge in [0.1, 0.15) is 0 Å². The molecule has 32 heavy (non-hydrogen) atoms. The van der Waals surface area contributed by atoms with E-state index in [4.69, 9.17) is 39.5 Å². The standard InChI is InChI=1S/C23H15Cl3N2O3S/c1-12(22(29)28-17-8-4-6-15(24)21(17)26)31-23(30)14-11-18(19-9-10-20(25)32-19)27-16-7-3-2-5-13(14)16/h2-12H,1H3,(H,28,29)/t12-/m1/s1. The Kier molecular flexibility index (Phi) is 6.67. The predicted octanol–water partition coefficient (Wildman–Crippen LogP) is 7.11. The average Bonchev–Trinajstić information content (AvgIpc) is 3.22. The molecule has 0 aliphatic rings. The molecule has 2 heterocycles. The van der Waals surface area contributed by atoms with Crippen molar-refractivity contribution in [2.75, 3.05) is 5.32 Å². The zero-order valence-electron chi connectivity index (χ0n) is 16.6. The summed E-state index contributed by atoms with van der Waals surface area (Å²) in [5.41, 5.74) is 1.86. The Labute approximate surface area is 202 Å². The Bertz CT molecular complexity index is 1340. The van der Waals surface area contributed by atoms with E-state index in [0.29, 0.717) is 37.2 Å². The maximum Gasteiger partial charge on any atom is 0.339 e. The summed E-state index contributed by atoms with van der Waals surface area (Å²) in [6.45, 7) is 1.48. The number of aromatic nitrogens is 1. The molecule has 9 heteroatoms. The van der Waals surface area contributed by atoms with Crippen LogP contribution in [0.1, 0.15) is 17.3 Å². The van der Waals surface area contributed by atoms with Crippen molar-refractivity contribution in [1.82, 2.24) is 4.98 Å². The minimum absolute atomic E-state index is 0.209. The lowest BCUT2D eigenvalue weighted by Crippen LogP contribution is -2.30. The van der Waals surface area contributed by atoms with Gasteiger partial charge in [0.05, 0.1) is 41.7 Å². The third-order valence-electron chi connectivity index (χ3n) is 4.62. The third-order valence-corrected chi connectivity index (χ3v) is 6.70. The molecule has 1 N–H and O–H groups in total. The number of benzene rings is 2. The number of anilines is 1. The predicted molar refractivity (Wildman–Crippen MR) is 130 cm³/mol. The number of carbonyl (C=O) groups excluding carboxylic acids is 2. The topological polar surface area (TPSA) is 68.3 Å². The Balaban J connectivity index is 1.60. The van der Waals surface area contributed by atoms with E-state index in [1.807, 2.05) is 18.2 Å². The van der Waals surface area contributed by atoms with Gasteiger partial charge in [0, 0.05) is 5.39 Å². The smallest absolute Gasteiger partial charge is 0.339 e. The van der Waals surface area contributed by atoms with Crippen LogP contribution in [0.3, 0.4) is 0 Å². The van der Waals surface area contributed by atoms with Crippen molar-refractivity contribution in [3.8, 4) is 10.6 Å². The number of esters is 1. The fourth-order valence-electron chi connectivity index (χ4n) is 3.03. The van der Waals surface area contributed by atoms with E-state index in [2.05, 4.69) is 10.3 Å².